The SMILES string of the molecule is CC(C)CN(CCCNC(=O)OC1C2COC3OC1CC3C2)S(=O)(=O)c1ccc2nc(NC3CC3)oc2c1. The van der Waals surface area contributed by atoms with Crippen molar-refractivity contribution in [2.24, 2.45) is 17.8 Å². The van der Waals surface area contributed by atoms with E-state index >= 15 is 0 Å². The molecule has 2 aliphatic heterocycles. The van der Waals surface area contributed by atoms with Crippen LogP contribution < -0.4 is 10.6 Å². The first-order valence-corrected chi connectivity index (χ1v) is 15.1. The van der Waals surface area contributed by atoms with Crippen molar-refractivity contribution in [2.75, 3.05) is 31.6 Å². The quantitative estimate of drug-likeness (QED) is 0.406. The standard InChI is InChI=1S/C26H36N4O7S/c1-15(2)13-30(38(32,33)19-6-7-20-21(12-19)36-25(29-20)28-18-4-5-18)9-3-8-27-26(31)37-23-17-10-16-11-22(23)35-24(16)34-14-17/h6-7,12,15-18,22-24H,3-5,8-11,13-14H2,1-2H3,(H,27,31)(H,28,29). The van der Waals surface area contributed by atoms with Crippen LogP contribution >= 0.6 is 0 Å². The molecule has 0 spiro atoms. The van der Waals surface area contributed by atoms with Crippen molar-refractivity contribution in [2.45, 2.75) is 75.4 Å². The van der Waals surface area contributed by atoms with Crippen molar-refractivity contribution in [3.63, 3.8) is 0 Å². The summed E-state index contributed by atoms with van der Waals surface area (Å²) < 4.78 is 51.7. The molecule has 2 aliphatic carbocycles. The fraction of sp³-hybridized carbons (Fsp3) is 0.692. The number of carbonyl (C=O) groups excluding carboxylic acids is 1. The summed E-state index contributed by atoms with van der Waals surface area (Å²) in [6, 6.07) is 5.58. The molecular formula is C26H36N4O7S. The van der Waals surface area contributed by atoms with Crippen LogP contribution in [0.5, 0.6) is 0 Å². The normalized spacial score (nSPS) is 28.4. The topological polar surface area (TPSA) is 132 Å². The van der Waals surface area contributed by atoms with E-state index in [1.807, 2.05) is 13.8 Å². The first-order chi connectivity index (χ1) is 18.3. The molecule has 4 aliphatic rings. The summed E-state index contributed by atoms with van der Waals surface area (Å²) in [7, 11) is -3.77. The lowest BCUT2D eigenvalue weighted by atomic mass is 9.78. The zero-order valence-corrected chi connectivity index (χ0v) is 22.6. The van der Waals surface area contributed by atoms with Gasteiger partial charge in [0, 0.05) is 43.6 Å². The summed E-state index contributed by atoms with van der Waals surface area (Å²) in [6.07, 6.45) is 3.36. The van der Waals surface area contributed by atoms with Crippen molar-refractivity contribution < 1.29 is 31.8 Å². The number of fused-ring (bicyclic) bond motifs is 3. The average molecular weight is 549 g/mol. The van der Waals surface area contributed by atoms with Gasteiger partial charge in [0.25, 0.3) is 6.01 Å². The molecule has 0 radical (unpaired) electrons. The number of amides is 1. The Bertz CT molecular complexity index is 1270. The number of benzene rings is 1. The number of nitrogens with zero attached hydrogens (tertiary/aromatic N) is 2. The first-order valence-electron chi connectivity index (χ1n) is 13.6. The molecule has 5 atom stereocenters. The number of anilines is 1. The van der Waals surface area contributed by atoms with Gasteiger partial charge in [0.15, 0.2) is 11.9 Å². The highest BCUT2D eigenvalue weighted by atomic mass is 32.2. The van der Waals surface area contributed by atoms with Gasteiger partial charge < -0.3 is 29.3 Å². The fourth-order valence-electron chi connectivity index (χ4n) is 5.73. The van der Waals surface area contributed by atoms with E-state index in [1.165, 1.54) is 10.4 Å². The Morgan fingerprint density at radius 1 is 1.24 bits per heavy atom. The minimum Gasteiger partial charge on any atom is -0.443 e. The molecule has 1 aromatic carbocycles. The molecule has 38 heavy (non-hydrogen) atoms. The lowest BCUT2D eigenvalue weighted by Crippen LogP contribution is -2.46. The minimum absolute atomic E-state index is 0.106. The third-order valence-corrected chi connectivity index (χ3v) is 9.57. The van der Waals surface area contributed by atoms with Crippen molar-refractivity contribution in [1.29, 1.82) is 0 Å². The number of nitrogens with one attached hydrogen (secondary N) is 2. The average Bonchev–Trinajstić information content (AvgIpc) is 3.51. The van der Waals surface area contributed by atoms with E-state index in [1.54, 1.807) is 12.1 Å². The second kappa shape index (κ2) is 10.3. The van der Waals surface area contributed by atoms with Crippen molar-refractivity contribution in [3.05, 3.63) is 18.2 Å². The highest BCUT2D eigenvalue weighted by Gasteiger charge is 2.53. The van der Waals surface area contributed by atoms with Crippen LogP contribution in [0.15, 0.2) is 27.5 Å². The molecule has 3 heterocycles. The van der Waals surface area contributed by atoms with Gasteiger partial charge in [0.2, 0.25) is 10.0 Å². The van der Waals surface area contributed by atoms with Crippen LogP contribution in [0.1, 0.15) is 46.0 Å². The van der Waals surface area contributed by atoms with Gasteiger partial charge in [-0.05, 0) is 50.2 Å². The van der Waals surface area contributed by atoms with Crippen LogP contribution in [-0.2, 0) is 24.2 Å². The Morgan fingerprint density at radius 2 is 2.08 bits per heavy atom. The minimum atomic E-state index is -3.77. The molecular weight excluding hydrogens is 512 g/mol. The van der Waals surface area contributed by atoms with Crippen molar-refractivity contribution in [1.82, 2.24) is 14.6 Å². The Labute approximate surface area is 222 Å². The number of ether oxygens (including phenoxy) is 3. The van der Waals surface area contributed by atoms with Crippen LogP contribution in [-0.4, -0.2) is 74.6 Å². The van der Waals surface area contributed by atoms with Gasteiger partial charge in [-0.15, -0.1) is 0 Å². The van der Waals surface area contributed by atoms with Gasteiger partial charge in [0.05, 0.1) is 17.6 Å². The molecule has 2 saturated carbocycles. The third-order valence-electron chi connectivity index (χ3n) is 7.71. The summed E-state index contributed by atoms with van der Waals surface area (Å²) in [5.74, 6) is 0.698. The smallest absolute Gasteiger partial charge is 0.407 e. The maximum absolute atomic E-state index is 13.6. The van der Waals surface area contributed by atoms with Gasteiger partial charge in [-0.25, -0.2) is 13.2 Å². The van der Waals surface area contributed by atoms with Crippen molar-refractivity contribution in [3.8, 4) is 0 Å². The van der Waals surface area contributed by atoms with Crippen LogP contribution in [0.2, 0.25) is 0 Å². The Kier molecular flexibility index (Phi) is 7.00. The highest BCUT2D eigenvalue weighted by molar-refractivity contribution is 7.89. The molecule has 11 nitrogen and oxygen atoms in total. The second-order valence-corrected chi connectivity index (χ2v) is 13.3. The molecule has 2 saturated heterocycles. The predicted molar refractivity (Wildman–Crippen MR) is 138 cm³/mol. The molecule has 12 heteroatoms. The van der Waals surface area contributed by atoms with E-state index in [0.29, 0.717) is 55.2 Å². The van der Waals surface area contributed by atoms with E-state index in [2.05, 4.69) is 15.6 Å². The number of aromatic nitrogens is 1. The summed E-state index contributed by atoms with van der Waals surface area (Å²) >= 11 is 0. The number of alkyl carbamates (subject to hydrolysis) is 1. The highest BCUT2D eigenvalue weighted by Crippen LogP contribution is 2.46. The van der Waals surface area contributed by atoms with Gasteiger partial charge in [0.1, 0.15) is 11.6 Å². The lowest BCUT2D eigenvalue weighted by molar-refractivity contribution is -0.153. The van der Waals surface area contributed by atoms with E-state index in [-0.39, 0.29) is 41.8 Å². The lowest BCUT2D eigenvalue weighted by Gasteiger charge is -2.36. The number of hydrogen-bond acceptors (Lipinski definition) is 9. The number of hydrogen-bond donors (Lipinski definition) is 2. The van der Waals surface area contributed by atoms with E-state index in [9.17, 15) is 13.2 Å². The number of oxazole rings is 1. The van der Waals surface area contributed by atoms with Crippen LogP contribution in [0.4, 0.5) is 10.8 Å². The monoisotopic (exact) mass is 548 g/mol. The van der Waals surface area contributed by atoms with E-state index < -0.39 is 16.1 Å². The van der Waals surface area contributed by atoms with Crippen LogP contribution in [0, 0.1) is 17.8 Å². The maximum atomic E-state index is 13.6. The zero-order valence-electron chi connectivity index (χ0n) is 21.8. The predicted octanol–water partition coefficient (Wildman–Crippen LogP) is 3.32. The third kappa shape index (κ3) is 5.36. The largest absolute Gasteiger partial charge is 0.443 e. The number of sulfonamides is 1. The molecule has 5 unspecified atom stereocenters. The molecule has 2 N–H and O–H groups in total. The molecule has 2 aromatic rings. The zero-order chi connectivity index (χ0) is 26.4. The molecule has 1 aromatic heterocycles. The fourth-order valence-corrected chi connectivity index (χ4v) is 7.39. The summed E-state index contributed by atoms with van der Waals surface area (Å²) in [4.78, 5) is 17.1. The second-order valence-electron chi connectivity index (χ2n) is 11.3. The summed E-state index contributed by atoms with van der Waals surface area (Å²) in [5.41, 5.74) is 1.05. The van der Waals surface area contributed by atoms with E-state index in [0.717, 1.165) is 25.7 Å². The molecule has 4 fully saturated rings. The van der Waals surface area contributed by atoms with E-state index in [4.69, 9.17) is 18.6 Å². The first kappa shape index (κ1) is 25.8. The molecule has 1 amide bonds. The Balaban J connectivity index is 1.05. The summed E-state index contributed by atoms with van der Waals surface area (Å²) in [6.45, 7) is 5.43. The number of rotatable bonds is 11. The molecule has 6 rings (SSSR count). The van der Waals surface area contributed by atoms with Crippen LogP contribution in [0.25, 0.3) is 11.1 Å². The Hall–Kier alpha value is -2.41. The van der Waals surface area contributed by atoms with Gasteiger partial charge in [-0.3, -0.25) is 0 Å². The van der Waals surface area contributed by atoms with Gasteiger partial charge >= 0.3 is 6.09 Å². The Morgan fingerprint density at radius 3 is 2.87 bits per heavy atom. The molecule has 208 valence electrons. The molecule has 3 bridgehead atoms. The maximum Gasteiger partial charge on any atom is 0.407 e. The van der Waals surface area contributed by atoms with Gasteiger partial charge in [-0.2, -0.15) is 9.29 Å². The van der Waals surface area contributed by atoms with Crippen molar-refractivity contribution >= 4 is 33.2 Å². The van der Waals surface area contributed by atoms with Gasteiger partial charge in [-0.1, -0.05) is 13.8 Å². The van der Waals surface area contributed by atoms with Crippen LogP contribution in [0.3, 0.4) is 0 Å². The number of carbonyl (C=O) groups is 1. The summed E-state index contributed by atoms with van der Waals surface area (Å²) in [5, 5.41) is 5.99.